The molecule has 1 rings (SSSR count). The smallest absolute Gasteiger partial charge is 0.134 e. The molecular weight excluding hydrogens is 247 g/mol. The summed E-state index contributed by atoms with van der Waals surface area (Å²) in [7, 11) is 0. The van der Waals surface area contributed by atoms with E-state index in [-0.39, 0.29) is 11.9 Å². The van der Waals surface area contributed by atoms with Crippen LogP contribution in [0.15, 0.2) is 35.3 Å². The number of rotatable bonds is 4. The molecule has 0 aliphatic heterocycles. The molecule has 14 heavy (non-hydrogen) atoms. The number of benzene rings is 1. The second-order valence-corrected chi connectivity index (χ2v) is 3.88. The van der Waals surface area contributed by atoms with Crippen molar-refractivity contribution in [3.63, 3.8) is 0 Å². The molecule has 0 saturated carbocycles. The molecular formula is C11H12BrFO. The Morgan fingerprint density at radius 1 is 1.64 bits per heavy atom. The summed E-state index contributed by atoms with van der Waals surface area (Å²) < 4.78 is 18.9. The zero-order valence-electron chi connectivity index (χ0n) is 7.97. The third kappa shape index (κ3) is 3.14. The van der Waals surface area contributed by atoms with Crippen LogP contribution >= 0.6 is 15.9 Å². The third-order valence-electron chi connectivity index (χ3n) is 1.72. The molecule has 3 heteroatoms. The number of ether oxygens (including phenoxy) is 1. The van der Waals surface area contributed by atoms with Gasteiger partial charge in [0.2, 0.25) is 0 Å². The highest BCUT2D eigenvalue weighted by Crippen LogP contribution is 2.26. The zero-order chi connectivity index (χ0) is 10.6. The van der Waals surface area contributed by atoms with Crippen molar-refractivity contribution in [2.45, 2.75) is 19.4 Å². The topological polar surface area (TPSA) is 9.23 Å². The van der Waals surface area contributed by atoms with Gasteiger partial charge in [0.05, 0.1) is 10.6 Å². The molecule has 0 aromatic heterocycles. The highest BCUT2D eigenvalue weighted by Gasteiger charge is 2.06. The van der Waals surface area contributed by atoms with E-state index in [0.29, 0.717) is 10.2 Å². The van der Waals surface area contributed by atoms with Gasteiger partial charge in [-0.15, -0.1) is 6.58 Å². The van der Waals surface area contributed by atoms with E-state index in [4.69, 9.17) is 4.74 Å². The molecule has 0 saturated heterocycles. The maximum Gasteiger partial charge on any atom is 0.134 e. The predicted molar refractivity (Wildman–Crippen MR) is 59.0 cm³/mol. The predicted octanol–water partition coefficient (Wildman–Crippen LogP) is 3.93. The van der Waals surface area contributed by atoms with E-state index in [2.05, 4.69) is 22.5 Å². The van der Waals surface area contributed by atoms with E-state index in [1.807, 2.05) is 6.92 Å². The largest absolute Gasteiger partial charge is 0.489 e. The van der Waals surface area contributed by atoms with Crippen LogP contribution in [0.4, 0.5) is 4.39 Å². The van der Waals surface area contributed by atoms with Gasteiger partial charge in [-0.25, -0.2) is 4.39 Å². The summed E-state index contributed by atoms with van der Waals surface area (Å²) in [6.07, 6.45) is 2.61. The van der Waals surface area contributed by atoms with Crippen LogP contribution in [-0.4, -0.2) is 6.10 Å². The first kappa shape index (κ1) is 11.2. The van der Waals surface area contributed by atoms with Gasteiger partial charge in [-0.05, 0) is 41.1 Å². The molecule has 0 fully saturated rings. The Balaban J connectivity index is 2.71. The second-order valence-electron chi connectivity index (χ2n) is 3.03. The van der Waals surface area contributed by atoms with Crippen LogP contribution in [0.1, 0.15) is 13.3 Å². The van der Waals surface area contributed by atoms with Crippen molar-refractivity contribution in [2.75, 3.05) is 0 Å². The molecule has 0 spiro atoms. The Morgan fingerprint density at radius 3 is 2.93 bits per heavy atom. The number of hydrogen-bond donors (Lipinski definition) is 0. The van der Waals surface area contributed by atoms with Crippen molar-refractivity contribution in [2.24, 2.45) is 0 Å². The average Bonchev–Trinajstić information content (AvgIpc) is 2.10. The summed E-state index contributed by atoms with van der Waals surface area (Å²) in [5, 5.41) is 0. The Labute approximate surface area is 91.7 Å². The van der Waals surface area contributed by atoms with Gasteiger partial charge in [0.25, 0.3) is 0 Å². The standard InChI is InChI=1S/C11H12BrFO/c1-3-4-8(2)14-11-6-5-9(13)7-10(11)12/h3,5-8H,1,4H2,2H3/t8-/m0/s1. The van der Waals surface area contributed by atoms with Crippen molar-refractivity contribution in [1.82, 2.24) is 0 Å². The fourth-order valence-corrected chi connectivity index (χ4v) is 1.51. The lowest BCUT2D eigenvalue weighted by Gasteiger charge is -2.13. The number of halogens is 2. The Bertz CT molecular complexity index is 325. The Morgan fingerprint density at radius 2 is 2.36 bits per heavy atom. The van der Waals surface area contributed by atoms with Crippen LogP contribution in [0.3, 0.4) is 0 Å². The van der Waals surface area contributed by atoms with E-state index in [1.165, 1.54) is 12.1 Å². The van der Waals surface area contributed by atoms with Crippen molar-refractivity contribution < 1.29 is 9.13 Å². The van der Waals surface area contributed by atoms with E-state index in [1.54, 1.807) is 12.1 Å². The van der Waals surface area contributed by atoms with E-state index in [0.717, 1.165) is 6.42 Å². The molecule has 0 radical (unpaired) electrons. The van der Waals surface area contributed by atoms with Crippen molar-refractivity contribution in [3.05, 3.63) is 41.1 Å². The molecule has 0 aliphatic carbocycles. The Kier molecular flexibility index (Phi) is 4.14. The van der Waals surface area contributed by atoms with E-state index >= 15 is 0 Å². The summed E-state index contributed by atoms with van der Waals surface area (Å²) in [6, 6.07) is 4.37. The van der Waals surface area contributed by atoms with Crippen LogP contribution < -0.4 is 4.74 Å². The minimum atomic E-state index is -0.277. The van der Waals surface area contributed by atoms with Crippen molar-refractivity contribution >= 4 is 15.9 Å². The minimum Gasteiger partial charge on any atom is -0.489 e. The van der Waals surface area contributed by atoms with Gasteiger partial charge in [-0.1, -0.05) is 6.08 Å². The van der Waals surface area contributed by atoms with Gasteiger partial charge in [-0.3, -0.25) is 0 Å². The van der Waals surface area contributed by atoms with Crippen LogP contribution in [0, 0.1) is 5.82 Å². The van der Waals surface area contributed by atoms with Gasteiger partial charge in [0.15, 0.2) is 0 Å². The quantitative estimate of drug-likeness (QED) is 0.744. The SMILES string of the molecule is C=CC[C@H](C)Oc1ccc(F)cc1Br. The van der Waals surface area contributed by atoms with Crippen molar-refractivity contribution in [3.8, 4) is 5.75 Å². The molecule has 1 nitrogen and oxygen atoms in total. The second kappa shape index (κ2) is 5.15. The molecule has 1 aromatic carbocycles. The Hall–Kier alpha value is -0.830. The summed E-state index contributed by atoms with van der Waals surface area (Å²) in [4.78, 5) is 0. The highest BCUT2D eigenvalue weighted by molar-refractivity contribution is 9.10. The lowest BCUT2D eigenvalue weighted by molar-refractivity contribution is 0.223. The maximum atomic E-state index is 12.7. The van der Waals surface area contributed by atoms with Gasteiger partial charge < -0.3 is 4.74 Å². The summed E-state index contributed by atoms with van der Waals surface area (Å²) in [6.45, 7) is 5.57. The normalized spacial score (nSPS) is 12.2. The molecule has 0 bridgehead atoms. The van der Waals surface area contributed by atoms with Crippen LogP contribution in [0.25, 0.3) is 0 Å². The van der Waals surface area contributed by atoms with Crippen LogP contribution in [0.2, 0.25) is 0 Å². The lowest BCUT2D eigenvalue weighted by Crippen LogP contribution is -2.10. The lowest BCUT2D eigenvalue weighted by atomic mass is 10.3. The molecule has 0 N–H and O–H groups in total. The van der Waals surface area contributed by atoms with Gasteiger partial charge >= 0.3 is 0 Å². The van der Waals surface area contributed by atoms with Gasteiger partial charge in [0.1, 0.15) is 11.6 Å². The monoisotopic (exact) mass is 258 g/mol. The first-order chi connectivity index (χ1) is 6.63. The first-order valence-corrected chi connectivity index (χ1v) is 5.15. The van der Waals surface area contributed by atoms with Gasteiger partial charge in [0, 0.05) is 6.42 Å². The fraction of sp³-hybridized carbons (Fsp3) is 0.273. The van der Waals surface area contributed by atoms with E-state index in [9.17, 15) is 4.39 Å². The van der Waals surface area contributed by atoms with Gasteiger partial charge in [-0.2, -0.15) is 0 Å². The zero-order valence-corrected chi connectivity index (χ0v) is 9.55. The molecule has 1 atom stereocenters. The van der Waals surface area contributed by atoms with Crippen LogP contribution in [0.5, 0.6) is 5.75 Å². The average molecular weight is 259 g/mol. The highest BCUT2D eigenvalue weighted by atomic mass is 79.9. The molecule has 0 unspecified atom stereocenters. The third-order valence-corrected chi connectivity index (χ3v) is 2.34. The fourth-order valence-electron chi connectivity index (χ4n) is 1.07. The molecule has 1 aromatic rings. The van der Waals surface area contributed by atoms with E-state index < -0.39 is 0 Å². The molecule has 76 valence electrons. The first-order valence-electron chi connectivity index (χ1n) is 4.36. The van der Waals surface area contributed by atoms with Crippen LogP contribution in [-0.2, 0) is 0 Å². The summed E-state index contributed by atoms with van der Waals surface area (Å²) in [5.41, 5.74) is 0. The molecule has 0 heterocycles. The number of hydrogen-bond acceptors (Lipinski definition) is 1. The summed E-state index contributed by atoms with van der Waals surface area (Å²) >= 11 is 3.24. The maximum absolute atomic E-state index is 12.7. The van der Waals surface area contributed by atoms with Crippen molar-refractivity contribution in [1.29, 1.82) is 0 Å². The molecule has 0 aliphatic rings. The molecule has 0 amide bonds. The minimum absolute atomic E-state index is 0.0502. The summed E-state index contributed by atoms with van der Waals surface area (Å²) in [5.74, 6) is 0.376.